The first kappa shape index (κ1) is 7.76. The molecule has 0 aromatic rings. The molecule has 0 bridgehead atoms. The third kappa shape index (κ3) is 1.58. The quantitative estimate of drug-likeness (QED) is 0.519. The Morgan fingerprint density at radius 2 is 2.20 bits per heavy atom. The lowest BCUT2D eigenvalue weighted by molar-refractivity contribution is -0.0518. The van der Waals surface area contributed by atoms with Gasteiger partial charge in [-0.1, -0.05) is 6.58 Å². The Hall–Kier alpha value is -0.340. The lowest BCUT2D eigenvalue weighted by Gasteiger charge is -2.15. The van der Waals surface area contributed by atoms with Crippen molar-refractivity contribution in [2.75, 3.05) is 6.61 Å². The maximum Gasteiger partial charge on any atom is 0.180 e. The zero-order valence-corrected chi connectivity index (χ0v) is 6.81. The van der Waals surface area contributed by atoms with Gasteiger partial charge < -0.3 is 9.47 Å². The first-order chi connectivity index (χ1) is 4.51. The van der Waals surface area contributed by atoms with Crippen molar-refractivity contribution in [3.05, 3.63) is 12.2 Å². The van der Waals surface area contributed by atoms with Crippen molar-refractivity contribution in [1.82, 2.24) is 0 Å². The minimum atomic E-state index is -0.185. The molecule has 0 N–H and O–H groups in total. The van der Waals surface area contributed by atoms with Crippen LogP contribution in [0, 0.1) is 0 Å². The summed E-state index contributed by atoms with van der Waals surface area (Å²) in [6.45, 7) is 10.3. The van der Waals surface area contributed by atoms with Crippen LogP contribution in [-0.4, -0.2) is 18.5 Å². The Morgan fingerprint density at radius 3 is 2.40 bits per heavy atom. The van der Waals surface area contributed by atoms with Crippen LogP contribution in [0.25, 0.3) is 0 Å². The van der Waals surface area contributed by atoms with Crippen LogP contribution in [0.1, 0.15) is 20.8 Å². The molecule has 0 aliphatic carbocycles. The highest BCUT2D eigenvalue weighted by atomic mass is 16.7. The van der Waals surface area contributed by atoms with Gasteiger partial charge in [0.2, 0.25) is 0 Å². The Balaban J connectivity index is 2.51. The van der Waals surface area contributed by atoms with E-state index in [0.29, 0.717) is 6.61 Å². The van der Waals surface area contributed by atoms with E-state index in [1.165, 1.54) is 0 Å². The van der Waals surface area contributed by atoms with Gasteiger partial charge >= 0.3 is 0 Å². The van der Waals surface area contributed by atoms with Crippen LogP contribution in [0.5, 0.6) is 0 Å². The Bertz CT molecular complexity index is 149. The molecule has 0 aromatic carbocycles. The second-order valence-corrected chi connectivity index (χ2v) is 3.37. The summed E-state index contributed by atoms with van der Waals surface area (Å²) in [6, 6.07) is 0. The SMILES string of the molecule is C=C(C)C1OCC(C)(C)O1. The largest absolute Gasteiger partial charge is 0.346 e. The lowest BCUT2D eigenvalue weighted by Crippen LogP contribution is -2.22. The minimum absolute atomic E-state index is 0.135. The Labute approximate surface area is 61.8 Å². The Morgan fingerprint density at radius 1 is 1.60 bits per heavy atom. The molecule has 0 radical (unpaired) electrons. The first-order valence-electron chi connectivity index (χ1n) is 3.46. The molecule has 1 aliphatic heterocycles. The van der Waals surface area contributed by atoms with Crippen LogP contribution >= 0.6 is 0 Å². The van der Waals surface area contributed by atoms with E-state index in [1.54, 1.807) is 0 Å². The summed E-state index contributed by atoms with van der Waals surface area (Å²) in [4.78, 5) is 0. The maximum atomic E-state index is 5.49. The van der Waals surface area contributed by atoms with Gasteiger partial charge in [-0.25, -0.2) is 0 Å². The highest BCUT2D eigenvalue weighted by Gasteiger charge is 2.32. The molecule has 0 amide bonds. The van der Waals surface area contributed by atoms with Crippen molar-refractivity contribution >= 4 is 0 Å². The smallest absolute Gasteiger partial charge is 0.180 e. The van der Waals surface area contributed by atoms with E-state index in [1.807, 2.05) is 20.8 Å². The van der Waals surface area contributed by atoms with Gasteiger partial charge in [-0.3, -0.25) is 0 Å². The third-order valence-electron chi connectivity index (χ3n) is 1.41. The minimum Gasteiger partial charge on any atom is -0.346 e. The van der Waals surface area contributed by atoms with Gasteiger partial charge in [0.25, 0.3) is 0 Å². The molecule has 1 unspecified atom stereocenters. The van der Waals surface area contributed by atoms with Crippen LogP contribution in [0.2, 0.25) is 0 Å². The third-order valence-corrected chi connectivity index (χ3v) is 1.41. The second kappa shape index (κ2) is 2.36. The average Bonchev–Trinajstić information content (AvgIpc) is 2.10. The van der Waals surface area contributed by atoms with Gasteiger partial charge in [-0.15, -0.1) is 0 Å². The molecule has 1 rings (SSSR count). The van der Waals surface area contributed by atoms with E-state index in [2.05, 4.69) is 6.58 Å². The van der Waals surface area contributed by atoms with Gasteiger partial charge in [0.1, 0.15) is 0 Å². The van der Waals surface area contributed by atoms with Crippen molar-refractivity contribution in [1.29, 1.82) is 0 Å². The molecule has 1 saturated heterocycles. The zero-order valence-electron chi connectivity index (χ0n) is 6.81. The summed E-state index contributed by atoms with van der Waals surface area (Å²) < 4.78 is 10.8. The topological polar surface area (TPSA) is 18.5 Å². The van der Waals surface area contributed by atoms with Crippen molar-refractivity contribution in [2.24, 2.45) is 0 Å². The summed E-state index contributed by atoms with van der Waals surface area (Å²) in [5.74, 6) is 0. The highest BCUT2D eigenvalue weighted by molar-refractivity contribution is 4.96. The van der Waals surface area contributed by atoms with Gasteiger partial charge in [-0.05, 0) is 26.3 Å². The van der Waals surface area contributed by atoms with E-state index in [4.69, 9.17) is 9.47 Å². The average molecular weight is 142 g/mol. The second-order valence-electron chi connectivity index (χ2n) is 3.37. The molecule has 1 fully saturated rings. The monoisotopic (exact) mass is 142 g/mol. The van der Waals surface area contributed by atoms with Crippen LogP contribution in [-0.2, 0) is 9.47 Å². The van der Waals surface area contributed by atoms with Crippen LogP contribution in [0.4, 0.5) is 0 Å². The van der Waals surface area contributed by atoms with Gasteiger partial charge in [0.05, 0.1) is 12.2 Å². The normalized spacial score (nSPS) is 30.5. The van der Waals surface area contributed by atoms with Crippen molar-refractivity contribution in [2.45, 2.75) is 32.7 Å². The van der Waals surface area contributed by atoms with Crippen LogP contribution < -0.4 is 0 Å². The molecular formula is C8H14O2. The van der Waals surface area contributed by atoms with Crippen LogP contribution in [0.3, 0.4) is 0 Å². The molecule has 0 spiro atoms. The predicted molar refractivity (Wildman–Crippen MR) is 39.7 cm³/mol. The lowest BCUT2D eigenvalue weighted by atomic mass is 10.2. The molecule has 1 heterocycles. The molecule has 2 nitrogen and oxygen atoms in total. The van der Waals surface area contributed by atoms with E-state index in [0.717, 1.165) is 5.57 Å². The first-order valence-corrected chi connectivity index (χ1v) is 3.46. The fraction of sp³-hybridized carbons (Fsp3) is 0.750. The van der Waals surface area contributed by atoms with Gasteiger partial charge in [0.15, 0.2) is 6.29 Å². The molecule has 1 atom stereocenters. The zero-order chi connectivity index (χ0) is 7.78. The Kier molecular flexibility index (Phi) is 1.84. The number of hydrogen-bond donors (Lipinski definition) is 0. The van der Waals surface area contributed by atoms with E-state index in [9.17, 15) is 0 Å². The van der Waals surface area contributed by atoms with Crippen molar-refractivity contribution < 1.29 is 9.47 Å². The van der Waals surface area contributed by atoms with E-state index >= 15 is 0 Å². The summed E-state index contributed by atoms with van der Waals surface area (Å²) in [7, 11) is 0. The van der Waals surface area contributed by atoms with Crippen molar-refractivity contribution in [3.8, 4) is 0 Å². The molecule has 10 heavy (non-hydrogen) atoms. The maximum absolute atomic E-state index is 5.49. The molecule has 0 aromatic heterocycles. The summed E-state index contributed by atoms with van der Waals surface area (Å²) in [5.41, 5.74) is 0.800. The molecule has 2 heteroatoms. The van der Waals surface area contributed by atoms with Gasteiger partial charge in [0, 0.05) is 0 Å². The summed E-state index contributed by atoms with van der Waals surface area (Å²) >= 11 is 0. The molecular weight excluding hydrogens is 128 g/mol. The fourth-order valence-electron chi connectivity index (χ4n) is 0.877. The number of ether oxygens (including phenoxy) is 2. The summed E-state index contributed by atoms with van der Waals surface area (Å²) in [5, 5.41) is 0. The molecule has 1 aliphatic rings. The standard InChI is InChI=1S/C8H14O2/c1-6(2)7-9-5-8(3,4)10-7/h7H,1,5H2,2-4H3. The molecule has 0 saturated carbocycles. The van der Waals surface area contributed by atoms with E-state index in [-0.39, 0.29) is 11.9 Å². The fourth-order valence-corrected chi connectivity index (χ4v) is 0.877. The predicted octanol–water partition coefficient (Wildman–Crippen LogP) is 1.71. The van der Waals surface area contributed by atoms with E-state index < -0.39 is 0 Å². The van der Waals surface area contributed by atoms with Gasteiger partial charge in [-0.2, -0.15) is 0 Å². The highest BCUT2D eigenvalue weighted by Crippen LogP contribution is 2.24. The summed E-state index contributed by atoms with van der Waals surface area (Å²) in [6.07, 6.45) is -0.185. The van der Waals surface area contributed by atoms with Crippen molar-refractivity contribution in [3.63, 3.8) is 0 Å². The molecule has 58 valence electrons. The number of hydrogen-bond acceptors (Lipinski definition) is 2. The van der Waals surface area contributed by atoms with Crippen LogP contribution in [0.15, 0.2) is 12.2 Å². The number of rotatable bonds is 1.